The summed E-state index contributed by atoms with van der Waals surface area (Å²) in [4.78, 5) is 5.50. The number of halogens is 1. The molecule has 2 rings (SSSR count). The van der Waals surface area contributed by atoms with Crippen LogP contribution in [0.5, 0.6) is 0 Å². The van der Waals surface area contributed by atoms with Crippen LogP contribution in [0.2, 0.25) is 0 Å². The van der Waals surface area contributed by atoms with Gasteiger partial charge in [0.2, 0.25) is 0 Å². The Balaban J connectivity index is 2.02. The first-order valence-corrected chi connectivity index (χ1v) is 6.60. The lowest BCUT2D eigenvalue weighted by Crippen LogP contribution is -2.46. The first-order chi connectivity index (χ1) is 7.16. The quantitative estimate of drug-likeness (QED) is 0.633. The van der Waals surface area contributed by atoms with E-state index in [1.807, 2.05) is 11.4 Å². The van der Waals surface area contributed by atoms with Crippen molar-refractivity contribution in [1.82, 2.24) is 9.80 Å². The van der Waals surface area contributed by atoms with Gasteiger partial charge in [0.05, 0.1) is 4.88 Å². The average molecular weight is 288 g/mol. The molecule has 2 heterocycles. The lowest BCUT2D eigenvalue weighted by atomic mass is 10.3. The van der Waals surface area contributed by atoms with E-state index in [-0.39, 0.29) is 0 Å². The highest BCUT2D eigenvalue weighted by Gasteiger charge is 2.18. The van der Waals surface area contributed by atoms with E-state index in [9.17, 15) is 0 Å². The van der Waals surface area contributed by atoms with Gasteiger partial charge in [-0.2, -0.15) is 0 Å². The second-order valence-electron chi connectivity index (χ2n) is 3.77. The molecule has 1 aliphatic rings. The van der Waals surface area contributed by atoms with Crippen molar-refractivity contribution in [3.8, 4) is 0 Å². The molecule has 0 atom stereocenters. The molecule has 1 aromatic heterocycles. The number of rotatable bonds is 1. The largest absolute Gasteiger partial charge is 0.353 e. The molecule has 1 aliphatic heterocycles. The summed E-state index contributed by atoms with van der Waals surface area (Å²) in [5.41, 5.74) is 0. The molecule has 1 saturated heterocycles. The summed E-state index contributed by atoms with van der Waals surface area (Å²) < 4.78 is 1.07. The number of likely N-dealkylation sites (N-methyl/N-ethyl adjacent to an activating group) is 1. The van der Waals surface area contributed by atoms with Gasteiger partial charge in [0.15, 0.2) is 0 Å². The molecule has 5 heteroatoms. The van der Waals surface area contributed by atoms with Crippen LogP contribution in [0.15, 0.2) is 15.9 Å². The van der Waals surface area contributed by atoms with Crippen LogP contribution in [0, 0.1) is 5.41 Å². The van der Waals surface area contributed by atoms with E-state index in [1.54, 1.807) is 11.3 Å². The Kier molecular flexibility index (Phi) is 3.43. The van der Waals surface area contributed by atoms with E-state index in [4.69, 9.17) is 5.41 Å². The van der Waals surface area contributed by atoms with Crippen LogP contribution >= 0.6 is 27.3 Å². The molecule has 3 nitrogen and oxygen atoms in total. The smallest absolute Gasteiger partial charge is 0.138 e. The van der Waals surface area contributed by atoms with Crippen LogP contribution in [0.4, 0.5) is 0 Å². The summed E-state index contributed by atoms with van der Waals surface area (Å²) in [6, 6.07) is 2.02. The monoisotopic (exact) mass is 287 g/mol. The molecular formula is C10H14BrN3S. The SMILES string of the molecule is CN1CCN(C(=N)c2cc(Br)cs2)CC1. The van der Waals surface area contributed by atoms with Gasteiger partial charge in [0.1, 0.15) is 5.84 Å². The van der Waals surface area contributed by atoms with Crippen LogP contribution in [-0.2, 0) is 0 Å². The molecular weight excluding hydrogens is 274 g/mol. The van der Waals surface area contributed by atoms with Gasteiger partial charge in [-0.25, -0.2) is 0 Å². The third kappa shape index (κ3) is 2.59. The summed E-state index contributed by atoms with van der Waals surface area (Å²) in [5, 5.41) is 10.1. The molecule has 0 unspecified atom stereocenters. The lowest BCUT2D eigenvalue weighted by Gasteiger charge is -2.33. The molecule has 1 fully saturated rings. The highest BCUT2D eigenvalue weighted by molar-refractivity contribution is 9.10. The Morgan fingerprint density at radius 2 is 2.07 bits per heavy atom. The van der Waals surface area contributed by atoms with Crippen molar-refractivity contribution in [2.45, 2.75) is 0 Å². The minimum Gasteiger partial charge on any atom is -0.353 e. The van der Waals surface area contributed by atoms with Gasteiger partial charge < -0.3 is 9.80 Å². The Labute approximate surface area is 102 Å². The van der Waals surface area contributed by atoms with E-state index in [0.29, 0.717) is 5.84 Å². The van der Waals surface area contributed by atoms with E-state index in [2.05, 4.69) is 32.8 Å². The maximum atomic E-state index is 8.10. The van der Waals surface area contributed by atoms with Crippen molar-refractivity contribution in [3.05, 3.63) is 20.8 Å². The Morgan fingerprint density at radius 3 is 2.60 bits per heavy atom. The Hall–Kier alpha value is -0.390. The van der Waals surface area contributed by atoms with Crippen molar-refractivity contribution in [2.24, 2.45) is 0 Å². The fraction of sp³-hybridized carbons (Fsp3) is 0.500. The van der Waals surface area contributed by atoms with Crippen LogP contribution < -0.4 is 0 Å². The number of nitrogens with one attached hydrogen (secondary N) is 1. The van der Waals surface area contributed by atoms with Gasteiger partial charge >= 0.3 is 0 Å². The van der Waals surface area contributed by atoms with Crippen molar-refractivity contribution in [1.29, 1.82) is 5.41 Å². The molecule has 0 saturated carbocycles. The predicted molar refractivity (Wildman–Crippen MR) is 67.9 cm³/mol. The Bertz CT molecular complexity index is 355. The second kappa shape index (κ2) is 4.63. The number of hydrogen-bond acceptors (Lipinski definition) is 3. The van der Waals surface area contributed by atoms with Gasteiger partial charge in [-0.15, -0.1) is 11.3 Å². The summed E-state index contributed by atoms with van der Waals surface area (Å²) in [6.07, 6.45) is 0. The standard InChI is InChI=1S/C10H14BrN3S/c1-13-2-4-14(5-3-13)10(12)9-6-8(11)7-15-9/h6-7,12H,2-5H2,1H3. The third-order valence-corrected chi connectivity index (χ3v) is 4.32. The van der Waals surface area contributed by atoms with Crippen molar-refractivity contribution < 1.29 is 0 Å². The molecule has 15 heavy (non-hydrogen) atoms. The summed E-state index contributed by atoms with van der Waals surface area (Å²) in [5.74, 6) is 0.666. The first-order valence-electron chi connectivity index (χ1n) is 4.93. The van der Waals surface area contributed by atoms with E-state index < -0.39 is 0 Å². The molecule has 0 aliphatic carbocycles. The molecule has 1 aromatic rings. The topological polar surface area (TPSA) is 30.3 Å². The average Bonchev–Trinajstić information content (AvgIpc) is 2.65. The van der Waals surface area contributed by atoms with E-state index >= 15 is 0 Å². The molecule has 0 radical (unpaired) electrons. The maximum Gasteiger partial charge on any atom is 0.138 e. The second-order valence-corrected chi connectivity index (χ2v) is 5.60. The number of thiophene rings is 1. The zero-order valence-electron chi connectivity index (χ0n) is 8.66. The van der Waals surface area contributed by atoms with Crippen LogP contribution in [0.25, 0.3) is 0 Å². The molecule has 0 amide bonds. The van der Waals surface area contributed by atoms with Gasteiger partial charge in [0, 0.05) is 36.0 Å². The molecule has 0 aromatic carbocycles. The fourth-order valence-corrected chi connectivity index (χ4v) is 3.03. The van der Waals surface area contributed by atoms with Gasteiger partial charge in [0.25, 0.3) is 0 Å². The van der Waals surface area contributed by atoms with Gasteiger partial charge in [-0.05, 0) is 29.0 Å². The van der Waals surface area contributed by atoms with Crippen LogP contribution in [0.3, 0.4) is 0 Å². The van der Waals surface area contributed by atoms with Gasteiger partial charge in [-0.3, -0.25) is 5.41 Å². The predicted octanol–water partition coefficient (Wildman–Crippen LogP) is 2.08. The normalized spacial score (nSPS) is 18.1. The van der Waals surface area contributed by atoms with Gasteiger partial charge in [-0.1, -0.05) is 0 Å². The molecule has 0 bridgehead atoms. The third-order valence-electron chi connectivity index (χ3n) is 2.62. The minimum absolute atomic E-state index is 0.666. The molecule has 1 N–H and O–H groups in total. The van der Waals surface area contributed by atoms with Crippen LogP contribution in [-0.4, -0.2) is 48.9 Å². The van der Waals surface area contributed by atoms with E-state index in [1.165, 1.54) is 0 Å². The van der Waals surface area contributed by atoms with Crippen molar-refractivity contribution in [2.75, 3.05) is 33.2 Å². The van der Waals surface area contributed by atoms with Crippen molar-refractivity contribution in [3.63, 3.8) is 0 Å². The lowest BCUT2D eigenvalue weighted by molar-refractivity contribution is 0.215. The summed E-state index contributed by atoms with van der Waals surface area (Å²) in [7, 11) is 2.13. The zero-order chi connectivity index (χ0) is 10.8. The molecule has 82 valence electrons. The fourth-order valence-electron chi connectivity index (χ4n) is 1.62. The highest BCUT2D eigenvalue weighted by Crippen LogP contribution is 2.21. The first kappa shape index (κ1) is 11.1. The minimum atomic E-state index is 0.666. The summed E-state index contributed by atoms with van der Waals surface area (Å²) in [6.45, 7) is 4.03. The summed E-state index contributed by atoms with van der Waals surface area (Å²) >= 11 is 5.05. The van der Waals surface area contributed by atoms with Crippen molar-refractivity contribution >= 4 is 33.1 Å². The number of hydrogen-bond donors (Lipinski definition) is 1. The number of nitrogens with zero attached hydrogens (tertiary/aromatic N) is 2. The van der Waals surface area contributed by atoms with E-state index in [0.717, 1.165) is 35.5 Å². The zero-order valence-corrected chi connectivity index (χ0v) is 11.1. The molecule has 0 spiro atoms. The highest BCUT2D eigenvalue weighted by atomic mass is 79.9. The van der Waals surface area contributed by atoms with Crippen LogP contribution in [0.1, 0.15) is 4.88 Å². The maximum absolute atomic E-state index is 8.10. The number of amidine groups is 1. The Morgan fingerprint density at radius 1 is 1.40 bits per heavy atom. The number of piperazine rings is 1.